The molecule has 1 N–H and O–H groups in total. The molecule has 3 heterocycles. The zero-order chi connectivity index (χ0) is 18.5. The predicted octanol–water partition coefficient (Wildman–Crippen LogP) is 3.37. The number of nitrogens with zero attached hydrogens (tertiary/aromatic N) is 4. The second-order valence-corrected chi connectivity index (χ2v) is 7.15. The fraction of sp³-hybridized carbons (Fsp3) is 0.429. The Labute approximate surface area is 159 Å². The van der Waals surface area contributed by atoms with E-state index in [1.165, 1.54) is 25.7 Å². The van der Waals surface area contributed by atoms with E-state index in [2.05, 4.69) is 26.3 Å². The third-order valence-electron chi connectivity index (χ3n) is 5.33. The number of carbonyl (C=O) groups excluding carboxylic acids is 1. The summed E-state index contributed by atoms with van der Waals surface area (Å²) < 4.78 is 0. The molecule has 0 atom stereocenters. The van der Waals surface area contributed by atoms with Gasteiger partial charge in [0.15, 0.2) is 0 Å². The van der Waals surface area contributed by atoms with Gasteiger partial charge in [-0.05, 0) is 50.7 Å². The topological polar surface area (TPSA) is 71.0 Å². The largest absolute Gasteiger partial charge is 0.369 e. The molecule has 0 spiro atoms. The van der Waals surface area contributed by atoms with Crippen molar-refractivity contribution in [3.8, 4) is 0 Å². The quantitative estimate of drug-likeness (QED) is 0.825. The Balaban J connectivity index is 1.40. The lowest BCUT2D eigenvalue weighted by atomic mass is 9.97. The van der Waals surface area contributed by atoms with Crippen LogP contribution < -0.4 is 5.32 Å². The number of hydrogen-bond donors (Lipinski definition) is 1. The maximum Gasteiger partial charge on any atom is 0.255 e. The molecule has 1 aliphatic heterocycles. The van der Waals surface area contributed by atoms with Crippen LogP contribution in [0.5, 0.6) is 0 Å². The van der Waals surface area contributed by atoms with Crippen molar-refractivity contribution in [2.45, 2.75) is 45.1 Å². The summed E-state index contributed by atoms with van der Waals surface area (Å²) in [7, 11) is 0. The van der Waals surface area contributed by atoms with Gasteiger partial charge in [0.25, 0.3) is 5.91 Å². The normalized spacial score (nSPS) is 16.4. The number of amides is 1. The van der Waals surface area contributed by atoms with Gasteiger partial charge in [-0.1, -0.05) is 11.6 Å². The van der Waals surface area contributed by atoms with Crippen LogP contribution in [0.4, 0.5) is 5.82 Å². The molecule has 4 rings (SSSR count). The van der Waals surface area contributed by atoms with E-state index >= 15 is 0 Å². The first kappa shape index (κ1) is 17.6. The van der Waals surface area contributed by atoms with Crippen LogP contribution in [0.2, 0.25) is 0 Å². The third kappa shape index (κ3) is 4.15. The molecule has 0 radical (unpaired) electrons. The maximum atomic E-state index is 12.7. The Bertz CT molecular complexity index is 834. The van der Waals surface area contributed by atoms with E-state index in [0.29, 0.717) is 18.7 Å². The summed E-state index contributed by atoms with van der Waals surface area (Å²) in [6.07, 6.45) is 14.2. The lowest BCUT2D eigenvalue weighted by Gasteiger charge is -2.29. The zero-order valence-corrected chi connectivity index (χ0v) is 15.5. The van der Waals surface area contributed by atoms with E-state index in [-0.39, 0.29) is 5.91 Å². The molecule has 2 aromatic rings. The highest BCUT2D eigenvalue weighted by molar-refractivity contribution is 5.94. The Morgan fingerprint density at radius 2 is 2.19 bits per heavy atom. The highest BCUT2D eigenvalue weighted by Gasteiger charge is 2.25. The number of aromatic nitrogens is 3. The summed E-state index contributed by atoms with van der Waals surface area (Å²) in [4.78, 5) is 27.4. The lowest BCUT2D eigenvalue weighted by Crippen LogP contribution is -2.37. The number of fused-ring (bicyclic) bond motifs is 1. The number of rotatable bonds is 5. The molecule has 0 fully saturated rings. The lowest BCUT2D eigenvalue weighted by molar-refractivity contribution is 0.0731. The van der Waals surface area contributed by atoms with Crippen molar-refractivity contribution in [3.05, 3.63) is 59.3 Å². The molecule has 0 saturated carbocycles. The molecule has 2 aliphatic rings. The summed E-state index contributed by atoms with van der Waals surface area (Å²) >= 11 is 0. The van der Waals surface area contributed by atoms with Crippen LogP contribution in [0.15, 0.2) is 42.5 Å². The minimum absolute atomic E-state index is 0.00565. The monoisotopic (exact) mass is 363 g/mol. The summed E-state index contributed by atoms with van der Waals surface area (Å²) in [5.74, 6) is 0.927. The molecular formula is C21H25N5O. The van der Waals surface area contributed by atoms with Crippen molar-refractivity contribution in [2.24, 2.45) is 0 Å². The zero-order valence-electron chi connectivity index (χ0n) is 15.5. The Kier molecular flexibility index (Phi) is 5.42. The van der Waals surface area contributed by atoms with E-state index in [4.69, 9.17) is 0 Å². The van der Waals surface area contributed by atoms with Gasteiger partial charge in [-0.25, -0.2) is 9.97 Å². The average molecular weight is 363 g/mol. The van der Waals surface area contributed by atoms with Crippen molar-refractivity contribution < 1.29 is 4.79 Å². The van der Waals surface area contributed by atoms with Crippen molar-refractivity contribution in [1.29, 1.82) is 0 Å². The van der Waals surface area contributed by atoms with Gasteiger partial charge < -0.3 is 10.2 Å². The SMILES string of the molecule is O=C(c1cccnc1)N1CCc2c(ncnc2NCCC2=CCCCC2)C1. The van der Waals surface area contributed by atoms with Gasteiger partial charge in [0, 0.05) is 31.0 Å². The number of hydrogen-bond acceptors (Lipinski definition) is 5. The molecule has 0 aromatic carbocycles. The van der Waals surface area contributed by atoms with E-state index in [1.54, 1.807) is 36.4 Å². The first-order valence-electron chi connectivity index (χ1n) is 9.75. The molecule has 6 heteroatoms. The van der Waals surface area contributed by atoms with Crippen LogP contribution in [-0.4, -0.2) is 38.8 Å². The summed E-state index contributed by atoms with van der Waals surface area (Å²) in [6, 6.07) is 3.59. The molecule has 1 amide bonds. The predicted molar refractivity (Wildman–Crippen MR) is 104 cm³/mol. The van der Waals surface area contributed by atoms with E-state index in [1.807, 2.05) is 4.90 Å². The van der Waals surface area contributed by atoms with Gasteiger partial charge in [0.1, 0.15) is 12.1 Å². The minimum Gasteiger partial charge on any atom is -0.369 e. The van der Waals surface area contributed by atoms with Crippen molar-refractivity contribution in [2.75, 3.05) is 18.4 Å². The molecule has 27 heavy (non-hydrogen) atoms. The van der Waals surface area contributed by atoms with Gasteiger partial charge in [-0.15, -0.1) is 0 Å². The van der Waals surface area contributed by atoms with E-state index in [0.717, 1.165) is 36.5 Å². The molecule has 1 aliphatic carbocycles. The highest BCUT2D eigenvalue weighted by Crippen LogP contribution is 2.25. The standard InChI is InChI=1S/C21H25N5O/c27-21(17-7-4-10-22-13-17)26-12-9-18-19(14-26)24-15-25-20(18)23-11-8-16-5-2-1-3-6-16/h4-5,7,10,13,15H,1-3,6,8-9,11-12,14H2,(H,23,24,25). The number of carbonyl (C=O) groups is 1. The van der Waals surface area contributed by atoms with Crippen LogP contribution >= 0.6 is 0 Å². The van der Waals surface area contributed by atoms with Crippen molar-refractivity contribution in [3.63, 3.8) is 0 Å². The minimum atomic E-state index is 0.00565. The maximum absolute atomic E-state index is 12.7. The molecule has 2 aromatic heterocycles. The van der Waals surface area contributed by atoms with Gasteiger partial charge in [0.2, 0.25) is 0 Å². The highest BCUT2D eigenvalue weighted by atomic mass is 16.2. The van der Waals surface area contributed by atoms with Gasteiger partial charge in [-0.3, -0.25) is 9.78 Å². The van der Waals surface area contributed by atoms with Crippen LogP contribution in [0.25, 0.3) is 0 Å². The summed E-state index contributed by atoms with van der Waals surface area (Å²) in [6.45, 7) is 2.09. The van der Waals surface area contributed by atoms with Crippen molar-refractivity contribution in [1.82, 2.24) is 19.9 Å². The second kappa shape index (κ2) is 8.29. The molecule has 0 bridgehead atoms. The van der Waals surface area contributed by atoms with Crippen LogP contribution in [0.3, 0.4) is 0 Å². The average Bonchev–Trinajstić information content (AvgIpc) is 2.74. The third-order valence-corrected chi connectivity index (χ3v) is 5.33. The van der Waals surface area contributed by atoms with Gasteiger partial charge in [0.05, 0.1) is 17.8 Å². The number of pyridine rings is 1. The summed E-state index contributed by atoms with van der Waals surface area (Å²) in [5.41, 5.74) is 4.26. The van der Waals surface area contributed by atoms with Crippen LogP contribution in [0.1, 0.15) is 53.7 Å². The fourth-order valence-electron chi connectivity index (χ4n) is 3.83. The summed E-state index contributed by atoms with van der Waals surface area (Å²) in [5, 5.41) is 3.49. The molecule has 0 saturated heterocycles. The smallest absolute Gasteiger partial charge is 0.255 e. The van der Waals surface area contributed by atoms with Gasteiger partial charge >= 0.3 is 0 Å². The molecule has 0 unspecified atom stereocenters. The first-order valence-corrected chi connectivity index (χ1v) is 9.75. The Hall–Kier alpha value is -2.76. The molecule has 6 nitrogen and oxygen atoms in total. The second-order valence-electron chi connectivity index (χ2n) is 7.15. The number of anilines is 1. The molecule has 140 valence electrons. The van der Waals surface area contributed by atoms with E-state index in [9.17, 15) is 4.79 Å². The first-order chi connectivity index (χ1) is 13.3. The fourth-order valence-corrected chi connectivity index (χ4v) is 3.83. The van der Waals surface area contributed by atoms with E-state index < -0.39 is 0 Å². The number of allylic oxidation sites excluding steroid dienone is 1. The Morgan fingerprint density at radius 3 is 3.00 bits per heavy atom. The number of nitrogens with one attached hydrogen (secondary N) is 1. The van der Waals surface area contributed by atoms with Gasteiger partial charge in [-0.2, -0.15) is 0 Å². The van der Waals surface area contributed by atoms with Crippen LogP contribution in [-0.2, 0) is 13.0 Å². The van der Waals surface area contributed by atoms with Crippen LogP contribution in [0, 0.1) is 0 Å². The Morgan fingerprint density at radius 1 is 1.22 bits per heavy atom. The molecular weight excluding hydrogens is 338 g/mol. The van der Waals surface area contributed by atoms with Crippen molar-refractivity contribution >= 4 is 11.7 Å².